The number of rotatable bonds is 5. The van der Waals surface area contributed by atoms with Crippen molar-refractivity contribution in [2.45, 2.75) is 25.5 Å². The van der Waals surface area contributed by atoms with Crippen LogP contribution in [0.5, 0.6) is 0 Å². The molecule has 1 N–H and O–H groups in total. The summed E-state index contributed by atoms with van der Waals surface area (Å²) >= 11 is 1.19. The molecule has 1 aromatic heterocycles. The summed E-state index contributed by atoms with van der Waals surface area (Å²) in [6.45, 7) is 4.59. The van der Waals surface area contributed by atoms with Crippen LogP contribution >= 0.6 is 11.8 Å². The van der Waals surface area contributed by atoms with Gasteiger partial charge in [0.15, 0.2) is 5.16 Å². The Bertz CT molecular complexity index is 595. The smallest absolute Gasteiger partial charge is 0.313 e. The average molecular weight is 277 g/mol. The number of carbonyl (C=O) groups is 1. The third-order valence-electron chi connectivity index (χ3n) is 2.82. The van der Waals surface area contributed by atoms with Crippen LogP contribution in [0.4, 0.5) is 0 Å². The van der Waals surface area contributed by atoms with E-state index in [9.17, 15) is 4.79 Å². The van der Waals surface area contributed by atoms with Gasteiger partial charge in [0.1, 0.15) is 5.82 Å². The topological polar surface area (TPSA) is 68.0 Å². The second-order valence-electron chi connectivity index (χ2n) is 4.22. The average Bonchev–Trinajstić information content (AvgIpc) is 2.71. The molecule has 0 saturated carbocycles. The summed E-state index contributed by atoms with van der Waals surface area (Å²) in [6.07, 6.45) is 0. The SMILES string of the molecule is Cc1ccccc1Cn1c(C)nnc1SCC(=O)O. The van der Waals surface area contributed by atoms with E-state index in [4.69, 9.17) is 5.11 Å². The molecule has 0 spiro atoms. The lowest BCUT2D eigenvalue weighted by Crippen LogP contribution is -2.07. The van der Waals surface area contributed by atoms with Gasteiger partial charge in [0.05, 0.1) is 12.3 Å². The maximum absolute atomic E-state index is 10.6. The minimum atomic E-state index is -0.854. The van der Waals surface area contributed by atoms with Gasteiger partial charge < -0.3 is 9.67 Å². The van der Waals surface area contributed by atoms with E-state index in [0.29, 0.717) is 11.7 Å². The van der Waals surface area contributed by atoms with Crippen molar-refractivity contribution < 1.29 is 9.90 Å². The summed E-state index contributed by atoms with van der Waals surface area (Å²) in [5.41, 5.74) is 2.38. The summed E-state index contributed by atoms with van der Waals surface area (Å²) in [5.74, 6) is -0.0736. The first kappa shape index (κ1) is 13.6. The van der Waals surface area contributed by atoms with Gasteiger partial charge in [-0.25, -0.2) is 0 Å². The van der Waals surface area contributed by atoms with Crippen molar-refractivity contribution in [1.29, 1.82) is 0 Å². The zero-order valence-electron chi connectivity index (χ0n) is 10.8. The number of hydrogen-bond donors (Lipinski definition) is 1. The predicted molar refractivity (Wildman–Crippen MR) is 73.4 cm³/mol. The van der Waals surface area contributed by atoms with Crippen molar-refractivity contribution >= 4 is 17.7 Å². The van der Waals surface area contributed by atoms with E-state index >= 15 is 0 Å². The number of aryl methyl sites for hydroxylation is 2. The van der Waals surface area contributed by atoms with E-state index in [2.05, 4.69) is 29.3 Å². The fraction of sp³-hybridized carbons (Fsp3) is 0.308. The number of carboxylic acids is 1. The van der Waals surface area contributed by atoms with E-state index in [1.165, 1.54) is 22.9 Å². The van der Waals surface area contributed by atoms with Gasteiger partial charge in [-0.3, -0.25) is 4.79 Å². The molecule has 2 aromatic rings. The lowest BCUT2D eigenvalue weighted by atomic mass is 10.1. The van der Waals surface area contributed by atoms with Gasteiger partial charge in [0.2, 0.25) is 0 Å². The molecule has 1 heterocycles. The fourth-order valence-electron chi connectivity index (χ4n) is 1.73. The Labute approximate surface area is 115 Å². The molecule has 0 aliphatic carbocycles. The van der Waals surface area contributed by atoms with Crippen molar-refractivity contribution in [1.82, 2.24) is 14.8 Å². The van der Waals surface area contributed by atoms with Gasteiger partial charge in [-0.2, -0.15) is 0 Å². The van der Waals surface area contributed by atoms with E-state index in [1.807, 2.05) is 23.6 Å². The quantitative estimate of drug-likeness (QED) is 0.848. The van der Waals surface area contributed by atoms with Crippen molar-refractivity contribution in [3.8, 4) is 0 Å². The molecule has 5 nitrogen and oxygen atoms in total. The van der Waals surface area contributed by atoms with Crippen molar-refractivity contribution in [2.75, 3.05) is 5.75 Å². The number of aliphatic carboxylic acids is 1. The Kier molecular flexibility index (Phi) is 4.21. The molecule has 0 fully saturated rings. The van der Waals surface area contributed by atoms with Crippen molar-refractivity contribution in [3.63, 3.8) is 0 Å². The molecule has 19 heavy (non-hydrogen) atoms. The number of aromatic nitrogens is 3. The third-order valence-corrected chi connectivity index (χ3v) is 3.77. The number of thioether (sulfide) groups is 1. The third kappa shape index (κ3) is 3.35. The molecule has 0 unspecified atom stereocenters. The van der Waals surface area contributed by atoms with Gasteiger partial charge in [-0.1, -0.05) is 36.0 Å². The molecule has 0 radical (unpaired) electrons. The molecule has 0 saturated heterocycles. The Hall–Kier alpha value is -1.82. The Morgan fingerprint density at radius 3 is 2.74 bits per heavy atom. The van der Waals surface area contributed by atoms with Crippen LogP contribution in [0.3, 0.4) is 0 Å². The maximum atomic E-state index is 10.6. The first-order valence-corrected chi connectivity index (χ1v) is 6.85. The molecule has 100 valence electrons. The largest absolute Gasteiger partial charge is 0.481 e. The zero-order chi connectivity index (χ0) is 13.8. The number of carboxylic acid groups (broad SMARTS) is 1. The van der Waals surface area contributed by atoms with Crippen LogP contribution < -0.4 is 0 Å². The van der Waals surface area contributed by atoms with Crippen LogP contribution in [-0.2, 0) is 11.3 Å². The highest BCUT2D eigenvalue weighted by Gasteiger charge is 2.12. The molecule has 2 rings (SSSR count). The predicted octanol–water partition coefficient (Wildman–Crippen LogP) is 2.12. The second-order valence-corrected chi connectivity index (χ2v) is 5.17. The standard InChI is InChI=1S/C13H15N3O2S/c1-9-5-3-4-6-11(9)7-16-10(2)14-15-13(16)19-8-12(17)18/h3-6H,7-8H2,1-2H3,(H,17,18). The number of nitrogens with zero attached hydrogens (tertiary/aromatic N) is 3. The Balaban J connectivity index is 2.22. The van der Waals surface area contributed by atoms with E-state index in [1.54, 1.807) is 0 Å². The molecule has 0 amide bonds. The summed E-state index contributed by atoms with van der Waals surface area (Å²) < 4.78 is 1.94. The number of hydrogen-bond acceptors (Lipinski definition) is 4. The van der Waals surface area contributed by atoms with E-state index in [-0.39, 0.29) is 5.75 Å². The minimum absolute atomic E-state index is 0.00803. The van der Waals surface area contributed by atoms with Crippen LogP contribution in [0.1, 0.15) is 17.0 Å². The lowest BCUT2D eigenvalue weighted by molar-refractivity contribution is -0.133. The molecular formula is C13H15N3O2S. The van der Waals surface area contributed by atoms with Gasteiger partial charge in [0.25, 0.3) is 0 Å². The summed E-state index contributed by atoms with van der Waals surface area (Å²) in [6, 6.07) is 8.10. The molecule has 6 heteroatoms. The van der Waals surface area contributed by atoms with Crippen LogP contribution in [0.25, 0.3) is 0 Å². The van der Waals surface area contributed by atoms with Gasteiger partial charge in [-0.05, 0) is 25.0 Å². The maximum Gasteiger partial charge on any atom is 0.313 e. The molecular weight excluding hydrogens is 262 g/mol. The van der Waals surface area contributed by atoms with Crippen LogP contribution in [-0.4, -0.2) is 31.6 Å². The van der Waals surface area contributed by atoms with E-state index in [0.717, 1.165) is 5.82 Å². The fourth-order valence-corrected chi connectivity index (χ4v) is 2.44. The number of benzene rings is 1. The highest BCUT2D eigenvalue weighted by molar-refractivity contribution is 7.99. The zero-order valence-corrected chi connectivity index (χ0v) is 11.6. The van der Waals surface area contributed by atoms with Crippen LogP contribution in [0.2, 0.25) is 0 Å². The highest BCUT2D eigenvalue weighted by atomic mass is 32.2. The monoisotopic (exact) mass is 277 g/mol. The molecule has 0 bridgehead atoms. The normalized spacial score (nSPS) is 10.6. The second kappa shape index (κ2) is 5.88. The summed E-state index contributed by atoms with van der Waals surface area (Å²) in [4.78, 5) is 10.6. The Morgan fingerprint density at radius 2 is 2.05 bits per heavy atom. The molecule has 0 atom stereocenters. The van der Waals surface area contributed by atoms with Crippen molar-refractivity contribution in [3.05, 3.63) is 41.2 Å². The molecule has 0 aliphatic rings. The highest BCUT2D eigenvalue weighted by Crippen LogP contribution is 2.19. The molecule has 0 aliphatic heterocycles. The van der Waals surface area contributed by atoms with Crippen LogP contribution in [0, 0.1) is 13.8 Å². The first-order valence-electron chi connectivity index (χ1n) is 5.87. The summed E-state index contributed by atoms with van der Waals surface area (Å²) in [7, 11) is 0. The minimum Gasteiger partial charge on any atom is -0.481 e. The Morgan fingerprint density at radius 1 is 1.32 bits per heavy atom. The van der Waals surface area contributed by atoms with Gasteiger partial charge >= 0.3 is 5.97 Å². The van der Waals surface area contributed by atoms with Crippen LogP contribution in [0.15, 0.2) is 29.4 Å². The molecule has 1 aromatic carbocycles. The van der Waals surface area contributed by atoms with Gasteiger partial charge in [-0.15, -0.1) is 10.2 Å². The lowest BCUT2D eigenvalue weighted by Gasteiger charge is -2.10. The first-order chi connectivity index (χ1) is 9.08. The summed E-state index contributed by atoms with van der Waals surface area (Å²) in [5, 5.41) is 17.4. The van der Waals surface area contributed by atoms with E-state index < -0.39 is 5.97 Å². The van der Waals surface area contributed by atoms with Crippen molar-refractivity contribution in [2.24, 2.45) is 0 Å². The van der Waals surface area contributed by atoms with Gasteiger partial charge in [0, 0.05) is 0 Å².